The number of hydrogen-bond donors (Lipinski definition) is 0. The quantitative estimate of drug-likeness (QED) is 0.574. The highest BCUT2D eigenvalue weighted by Crippen LogP contribution is 2.38. The molecule has 1 aliphatic heterocycles. The average Bonchev–Trinajstić information content (AvgIpc) is 2.34. The minimum atomic E-state index is -1.87. The zero-order valence-electron chi connectivity index (χ0n) is 15.9. The van der Waals surface area contributed by atoms with Gasteiger partial charge in [0.25, 0.3) is 0 Å². The number of nitrogens with zero attached hydrogens (tertiary/aromatic N) is 1. The molecule has 0 unspecified atom stereocenters. The van der Waals surface area contributed by atoms with E-state index in [9.17, 15) is 9.59 Å². The van der Waals surface area contributed by atoms with E-state index >= 15 is 0 Å². The molecule has 0 saturated carbocycles. The van der Waals surface area contributed by atoms with Gasteiger partial charge in [0, 0.05) is 12.6 Å². The Morgan fingerprint density at radius 1 is 1.17 bits per heavy atom. The van der Waals surface area contributed by atoms with Crippen LogP contribution in [0.1, 0.15) is 54.4 Å². The normalized spacial score (nSPS) is 23.6. The zero-order chi connectivity index (χ0) is 18.1. The first-order chi connectivity index (χ1) is 10.3. The third-order valence-corrected chi connectivity index (χ3v) is 9.18. The molecule has 0 spiro atoms. The Hall–Kier alpha value is -0.883. The summed E-state index contributed by atoms with van der Waals surface area (Å²) >= 11 is 0. The van der Waals surface area contributed by atoms with Crippen molar-refractivity contribution in [2.24, 2.45) is 0 Å². The van der Waals surface area contributed by atoms with E-state index in [2.05, 4.69) is 33.9 Å². The van der Waals surface area contributed by atoms with Gasteiger partial charge in [-0.05, 0) is 51.7 Å². The number of likely N-dealkylation sites (tertiary alicyclic amines) is 1. The summed E-state index contributed by atoms with van der Waals surface area (Å²) in [6.07, 6.45) is 1.75. The summed E-state index contributed by atoms with van der Waals surface area (Å²) in [5.74, 6) is 0. The molecule has 0 aliphatic carbocycles. The Balaban J connectivity index is 2.73. The van der Waals surface area contributed by atoms with E-state index in [4.69, 9.17) is 9.16 Å². The van der Waals surface area contributed by atoms with Crippen molar-refractivity contribution >= 4 is 20.7 Å². The first-order valence-corrected chi connectivity index (χ1v) is 11.3. The Bertz CT molecular complexity index is 437. The molecule has 1 saturated heterocycles. The van der Waals surface area contributed by atoms with Gasteiger partial charge in [-0.2, -0.15) is 0 Å². The predicted molar refractivity (Wildman–Crippen MR) is 94.1 cm³/mol. The van der Waals surface area contributed by atoms with E-state index < -0.39 is 26.1 Å². The van der Waals surface area contributed by atoms with Crippen LogP contribution in [0, 0.1) is 0 Å². The van der Waals surface area contributed by atoms with Crippen LogP contribution in [-0.2, 0) is 14.0 Å². The second-order valence-electron chi connectivity index (χ2n) is 8.90. The van der Waals surface area contributed by atoms with Crippen LogP contribution in [0.5, 0.6) is 0 Å². The number of piperidine rings is 1. The lowest BCUT2D eigenvalue weighted by molar-refractivity contribution is -0.115. The molecule has 6 heteroatoms. The monoisotopic (exact) mass is 343 g/mol. The lowest BCUT2D eigenvalue weighted by Gasteiger charge is -2.43. The Labute approximate surface area is 141 Å². The van der Waals surface area contributed by atoms with Gasteiger partial charge in [-0.25, -0.2) is 4.79 Å². The van der Waals surface area contributed by atoms with Crippen LogP contribution in [0.3, 0.4) is 0 Å². The number of rotatable bonds is 3. The molecule has 0 radical (unpaired) electrons. The van der Waals surface area contributed by atoms with Gasteiger partial charge in [-0.15, -0.1) is 0 Å². The van der Waals surface area contributed by atoms with Crippen LogP contribution in [0.2, 0.25) is 18.1 Å². The largest absolute Gasteiger partial charge is 0.444 e. The SMILES string of the molecule is CC(C)(C)OC(=O)N1CC[C@H](O[Si](C)(C)C(C)(C)C)C[C@H]1C=O. The topological polar surface area (TPSA) is 55.8 Å². The molecule has 0 bridgehead atoms. The van der Waals surface area contributed by atoms with Crippen LogP contribution < -0.4 is 0 Å². The maximum absolute atomic E-state index is 12.2. The summed E-state index contributed by atoms with van der Waals surface area (Å²) < 4.78 is 11.8. The molecule has 1 rings (SSSR count). The number of carbonyl (C=O) groups is 2. The van der Waals surface area contributed by atoms with Crippen molar-refractivity contribution in [3.63, 3.8) is 0 Å². The van der Waals surface area contributed by atoms with Gasteiger partial charge < -0.3 is 14.0 Å². The Morgan fingerprint density at radius 2 is 1.74 bits per heavy atom. The fourth-order valence-electron chi connectivity index (χ4n) is 2.34. The van der Waals surface area contributed by atoms with Crippen LogP contribution in [0.25, 0.3) is 0 Å². The van der Waals surface area contributed by atoms with Crippen molar-refractivity contribution in [1.29, 1.82) is 0 Å². The fourth-order valence-corrected chi connectivity index (χ4v) is 3.74. The first kappa shape index (κ1) is 20.2. The predicted octanol–water partition coefficient (Wildman–Crippen LogP) is 3.98. The lowest BCUT2D eigenvalue weighted by Crippen LogP contribution is -2.53. The van der Waals surface area contributed by atoms with Gasteiger partial charge in [-0.3, -0.25) is 4.90 Å². The lowest BCUT2D eigenvalue weighted by atomic mass is 10.0. The maximum atomic E-state index is 12.2. The zero-order valence-corrected chi connectivity index (χ0v) is 16.9. The van der Waals surface area contributed by atoms with Gasteiger partial charge in [0.1, 0.15) is 11.9 Å². The van der Waals surface area contributed by atoms with Crippen LogP contribution in [-0.4, -0.2) is 49.9 Å². The summed E-state index contributed by atoms with van der Waals surface area (Å²) in [4.78, 5) is 25.2. The van der Waals surface area contributed by atoms with E-state index in [1.54, 1.807) is 0 Å². The van der Waals surface area contributed by atoms with E-state index in [1.165, 1.54) is 4.90 Å². The number of aldehydes is 1. The second kappa shape index (κ2) is 6.93. The van der Waals surface area contributed by atoms with Crippen LogP contribution >= 0.6 is 0 Å². The third kappa shape index (κ3) is 5.60. The molecule has 1 aliphatic rings. The molecule has 134 valence electrons. The Morgan fingerprint density at radius 3 is 2.17 bits per heavy atom. The number of carbonyl (C=O) groups excluding carboxylic acids is 2. The first-order valence-electron chi connectivity index (χ1n) is 8.39. The van der Waals surface area contributed by atoms with Crippen molar-refractivity contribution < 1.29 is 18.8 Å². The second-order valence-corrected chi connectivity index (χ2v) is 13.7. The number of ether oxygens (including phenoxy) is 1. The molecular formula is C17H33NO4Si. The van der Waals surface area contributed by atoms with Crippen LogP contribution in [0.15, 0.2) is 0 Å². The van der Waals surface area contributed by atoms with Gasteiger partial charge in [0.15, 0.2) is 8.32 Å². The molecule has 0 N–H and O–H groups in total. The minimum Gasteiger partial charge on any atom is -0.444 e. The molecule has 1 amide bonds. The standard InChI is InChI=1S/C17H33NO4Si/c1-16(2,3)21-15(20)18-10-9-14(11-13(18)12-19)22-23(7,8)17(4,5)6/h12-14H,9-11H2,1-8H3/t13-,14-/m0/s1. The summed E-state index contributed by atoms with van der Waals surface area (Å²) in [5, 5.41) is 0.131. The maximum Gasteiger partial charge on any atom is 0.410 e. The smallest absolute Gasteiger partial charge is 0.410 e. The van der Waals surface area contributed by atoms with Gasteiger partial charge in [-0.1, -0.05) is 20.8 Å². The van der Waals surface area contributed by atoms with Crippen molar-refractivity contribution in [2.45, 2.75) is 90.3 Å². The number of hydrogen-bond acceptors (Lipinski definition) is 4. The fraction of sp³-hybridized carbons (Fsp3) is 0.882. The average molecular weight is 344 g/mol. The highest BCUT2D eigenvalue weighted by Gasteiger charge is 2.42. The van der Waals surface area contributed by atoms with E-state index in [0.717, 1.165) is 12.7 Å². The van der Waals surface area contributed by atoms with E-state index in [0.29, 0.717) is 13.0 Å². The van der Waals surface area contributed by atoms with Crippen molar-refractivity contribution in [2.75, 3.05) is 6.54 Å². The highest BCUT2D eigenvalue weighted by molar-refractivity contribution is 6.74. The van der Waals surface area contributed by atoms with Gasteiger partial charge in [0.05, 0.1) is 6.04 Å². The molecule has 5 nitrogen and oxygen atoms in total. The summed E-state index contributed by atoms with van der Waals surface area (Å²) in [7, 11) is -1.87. The van der Waals surface area contributed by atoms with E-state index in [-0.39, 0.29) is 11.1 Å². The van der Waals surface area contributed by atoms with Crippen molar-refractivity contribution in [1.82, 2.24) is 4.90 Å². The molecule has 0 aromatic heterocycles. The van der Waals surface area contributed by atoms with Crippen molar-refractivity contribution in [3.05, 3.63) is 0 Å². The highest BCUT2D eigenvalue weighted by atomic mass is 28.4. The van der Waals surface area contributed by atoms with E-state index in [1.807, 2.05) is 20.8 Å². The number of amides is 1. The Kier molecular flexibility index (Phi) is 6.07. The van der Waals surface area contributed by atoms with Crippen LogP contribution in [0.4, 0.5) is 4.79 Å². The summed E-state index contributed by atoms with van der Waals surface area (Å²) in [6.45, 7) is 17.0. The molecule has 23 heavy (non-hydrogen) atoms. The molecule has 1 fully saturated rings. The molecule has 1 heterocycles. The van der Waals surface area contributed by atoms with Gasteiger partial charge >= 0.3 is 6.09 Å². The summed E-state index contributed by atoms with van der Waals surface area (Å²) in [6, 6.07) is -0.464. The molecule has 0 aromatic rings. The summed E-state index contributed by atoms with van der Waals surface area (Å²) in [5.41, 5.74) is -0.557. The van der Waals surface area contributed by atoms with Gasteiger partial charge in [0.2, 0.25) is 0 Å². The molecule has 0 aromatic carbocycles. The van der Waals surface area contributed by atoms with Crippen molar-refractivity contribution in [3.8, 4) is 0 Å². The minimum absolute atomic E-state index is 0.0322. The molecular weight excluding hydrogens is 310 g/mol. The molecule has 2 atom stereocenters. The third-order valence-electron chi connectivity index (χ3n) is 4.65.